The number of rotatable bonds is 4. The van der Waals surface area contributed by atoms with Gasteiger partial charge in [0, 0.05) is 0 Å². The largest absolute Gasteiger partial charge is 0.466 e. The molecule has 126 valence electrons. The third-order valence-corrected chi connectivity index (χ3v) is 5.54. The molecule has 1 aliphatic rings. The molecule has 0 bridgehead atoms. The Morgan fingerprint density at radius 1 is 1.25 bits per heavy atom. The number of furan rings is 1. The Kier molecular flexibility index (Phi) is 3.92. The highest BCUT2D eigenvalue weighted by Crippen LogP contribution is 2.29. The van der Waals surface area contributed by atoms with Crippen LogP contribution >= 0.6 is 0 Å². The van der Waals surface area contributed by atoms with E-state index in [0.717, 1.165) is 4.31 Å². The summed E-state index contributed by atoms with van der Waals surface area (Å²) < 4.78 is 35.7. The highest BCUT2D eigenvalue weighted by atomic mass is 32.2. The zero-order valence-corrected chi connectivity index (χ0v) is 13.9. The average molecular weight is 349 g/mol. The van der Waals surface area contributed by atoms with Gasteiger partial charge in [0.2, 0.25) is 0 Å². The molecule has 0 unspecified atom stereocenters. The van der Waals surface area contributed by atoms with Crippen LogP contribution in [0.3, 0.4) is 0 Å². The van der Waals surface area contributed by atoms with Gasteiger partial charge in [0.25, 0.3) is 15.9 Å². The van der Waals surface area contributed by atoms with Gasteiger partial charge in [0.05, 0.1) is 12.1 Å². The monoisotopic (exact) mass is 349 g/mol. The number of ether oxygens (including phenoxy) is 1. The van der Waals surface area contributed by atoms with E-state index in [0.29, 0.717) is 11.5 Å². The van der Waals surface area contributed by atoms with Gasteiger partial charge in [-0.25, -0.2) is 17.5 Å². The first-order valence-corrected chi connectivity index (χ1v) is 8.66. The van der Waals surface area contributed by atoms with E-state index < -0.39 is 21.9 Å². The summed E-state index contributed by atoms with van der Waals surface area (Å²) in [6, 6.07) is 7.54. The normalized spacial score (nSPS) is 15.4. The maximum absolute atomic E-state index is 12.3. The first kappa shape index (κ1) is 16.3. The molecule has 2 aromatic rings. The second-order valence-electron chi connectivity index (χ2n) is 5.34. The Bertz CT molecular complexity index is 928. The molecule has 0 saturated heterocycles. The van der Waals surface area contributed by atoms with Crippen LogP contribution in [0.4, 0.5) is 0 Å². The van der Waals surface area contributed by atoms with Crippen LogP contribution in [0.15, 0.2) is 39.6 Å². The number of aryl methyl sites for hydroxylation is 2. The van der Waals surface area contributed by atoms with Crippen molar-refractivity contribution in [3.63, 3.8) is 0 Å². The van der Waals surface area contributed by atoms with Gasteiger partial charge in [-0.1, -0.05) is 12.1 Å². The Labute approximate surface area is 138 Å². The molecule has 0 atom stereocenters. The highest BCUT2D eigenvalue weighted by Gasteiger charge is 2.40. The second kappa shape index (κ2) is 5.79. The molecule has 0 radical (unpaired) electrons. The lowest BCUT2D eigenvalue weighted by molar-refractivity contribution is 0.0476. The number of esters is 1. The van der Waals surface area contributed by atoms with Gasteiger partial charge in [-0.3, -0.25) is 4.79 Å². The minimum atomic E-state index is -3.89. The predicted molar refractivity (Wildman–Crippen MR) is 83.1 cm³/mol. The van der Waals surface area contributed by atoms with Gasteiger partial charge in [-0.05, 0) is 32.0 Å². The van der Waals surface area contributed by atoms with E-state index >= 15 is 0 Å². The van der Waals surface area contributed by atoms with Gasteiger partial charge in [-0.15, -0.1) is 0 Å². The molecule has 1 aromatic heterocycles. The van der Waals surface area contributed by atoms with Crippen LogP contribution in [0.1, 0.15) is 32.2 Å². The molecule has 0 N–H and O–H groups in total. The number of benzene rings is 1. The number of hydrogen-bond acceptors (Lipinski definition) is 6. The van der Waals surface area contributed by atoms with Crippen LogP contribution in [-0.2, 0) is 14.8 Å². The minimum absolute atomic E-state index is 0.0253. The molecule has 0 fully saturated rings. The smallest absolute Gasteiger partial charge is 0.341 e. The molecule has 0 spiro atoms. The molecule has 1 aliphatic heterocycles. The van der Waals surface area contributed by atoms with Crippen LogP contribution in [0.25, 0.3) is 0 Å². The summed E-state index contributed by atoms with van der Waals surface area (Å²) in [6.07, 6.45) is 0. The van der Waals surface area contributed by atoms with Crippen molar-refractivity contribution in [2.24, 2.45) is 0 Å². The molecular weight excluding hydrogens is 334 g/mol. The molecule has 1 amide bonds. The zero-order chi connectivity index (χ0) is 17.5. The molecule has 3 rings (SSSR count). The number of carbonyl (C=O) groups excluding carboxylic acids is 2. The van der Waals surface area contributed by atoms with Gasteiger partial charge in [0.1, 0.15) is 28.6 Å². The molecule has 8 heteroatoms. The molecule has 2 heterocycles. The number of fused-ring (bicyclic) bond motifs is 1. The van der Waals surface area contributed by atoms with E-state index in [2.05, 4.69) is 0 Å². The van der Waals surface area contributed by atoms with Crippen LogP contribution in [0, 0.1) is 13.8 Å². The van der Waals surface area contributed by atoms with Crippen molar-refractivity contribution < 1.29 is 27.2 Å². The van der Waals surface area contributed by atoms with E-state index in [9.17, 15) is 18.0 Å². The van der Waals surface area contributed by atoms with Crippen molar-refractivity contribution in [3.8, 4) is 0 Å². The van der Waals surface area contributed by atoms with Gasteiger partial charge in [0.15, 0.2) is 0 Å². The quantitative estimate of drug-likeness (QED) is 0.783. The summed E-state index contributed by atoms with van der Waals surface area (Å²) in [5.74, 6) is -0.232. The zero-order valence-electron chi connectivity index (χ0n) is 13.1. The third-order valence-electron chi connectivity index (χ3n) is 3.70. The lowest BCUT2D eigenvalue weighted by atomic mass is 10.2. The van der Waals surface area contributed by atoms with Crippen molar-refractivity contribution in [1.82, 2.24) is 4.31 Å². The first-order valence-electron chi connectivity index (χ1n) is 7.22. The van der Waals surface area contributed by atoms with E-state index in [1.165, 1.54) is 12.1 Å². The molecule has 7 nitrogen and oxygen atoms in total. The van der Waals surface area contributed by atoms with E-state index in [4.69, 9.17) is 9.15 Å². The van der Waals surface area contributed by atoms with Gasteiger partial charge in [-0.2, -0.15) is 0 Å². The number of amides is 1. The fourth-order valence-electron chi connectivity index (χ4n) is 2.58. The Morgan fingerprint density at radius 2 is 1.96 bits per heavy atom. The van der Waals surface area contributed by atoms with Gasteiger partial charge >= 0.3 is 5.97 Å². The fraction of sp³-hybridized carbons (Fsp3) is 0.250. The Morgan fingerprint density at radius 3 is 2.58 bits per heavy atom. The SMILES string of the molecule is Cc1cc(C(=O)OCCN2C(=O)c3ccccc3S2(=O)=O)c(C)o1. The molecule has 1 aromatic carbocycles. The lowest BCUT2D eigenvalue weighted by Gasteiger charge is -2.14. The molecule has 0 saturated carbocycles. The topological polar surface area (TPSA) is 93.9 Å². The number of sulfonamides is 1. The van der Waals surface area contributed by atoms with Crippen molar-refractivity contribution in [3.05, 3.63) is 53.0 Å². The van der Waals surface area contributed by atoms with Crippen molar-refractivity contribution in [2.45, 2.75) is 18.7 Å². The lowest BCUT2D eigenvalue weighted by Crippen LogP contribution is -2.33. The first-order chi connectivity index (χ1) is 11.3. The van der Waals surface area contributed by atoms with Crippen LogP contribution < -0.4 is 0 Å². The van der Waals surface area contributed by atoms with E-state index in [-0.39, 0.29) is 29.2 Å². The minimum Gasteiger partial charge on any atom is -0.466 e. The van der Waals surface area contributed by atoms with Crippen molar-refractivity contribution in [2.75, 3.05) is 13.2 Å². The van der Waals surface area contributed by atoms with Crippen LogP contribution in [0.5, 0.6) is 0 Å². The molecule has 24 heavy (non-hydrogen) atoms. The van der Waals surface area contributed by atoms with Gasteiger partial charge < -0.3 is 9.15 Å². The average Bonchev–Trinajstić information content (AvgIpc) is 2.97. The summed E-state index contributed by atoms with van der Waals surface area (Å²) in [7, 11) is -3.89. The molecule has 0 aliphatic carbocycles. The predicted octanol–water partition coefficient (Wildman–Crippen LogP) is 1.90. The Hall–Kier alpha value is -2.61. The highest BCUT2D eigenvalue weighted by molar-refractivity contribution is 7.90. The van der Waals surface area contributed by atoms with E-state index in [1.807, 2.05) is 0 Å². The fourth-order valence-corrected chi connectivity index (χ4v) is 4.14. The number of hydrogen-bond donors (Lipinski definition) is 0. The third kappa shape index (κ3) is 2.58. The van der Waals surface area contributed by atoms with Crippen LogP contribution in [0.2, 0.25) is 0 Å². The van der Waals surface area contributed by atoms with Crippen LogP contribution in [-0.4, -0.2) is 37.8 Å². The Balaban J connectivity index is 1.69. The second-order valence-corrected chi connectivity index (χ2v) is 7.17. The standard InChI is InChI=1S/C16H15NO6S/c1-10-9-13(11(2)23-10)16(19)22-8-7-17-15(18)12-5-3-4-6-14(12)24(17,20)21/h3-6,9H,7-8H2,1-2H3. The maximum Gasteiger partial charge on any atom is 0.341 e. The number of nitrogens with zero attached hydrogens (tertiary/aromatic N) is 1. The number of carbonyl (C=O) groups is 2. The molecular formula is C16H15NO6S. The van der Waals surface area contributed by atoms with Crippen molar-refractivity contribution >= 4 is 21.9 Å². The summed E-state index contributed by atoms with van der Waals surface area (Å²) in [5, 5.41) is 0. The summed E-state index contributed by atoms with van der Waals surface area (Å²) in [6.45, 7) is 2.87. The van der Waals surface area contributed by atoms with Crippen molar-refractivity contribution in [1.29, 1.82) is 0 Å². The van der Waals surface area contributed by atoms with E-state index in [1.54, 1.807) is 32.0 Å². The summed E-state index contributed by atoms with van der Waals surface area (Å²) in [5.41, 5.74) is 0.413. The maximum atomic E-state index is 12.3. The summed E-state index contributed by atoms with van der Waals surface area (Å²) >= 11 is 0. The summed E-state index contributed by atoms with van der Waals surface area (Å²) in [4.78, 5) is 24.2.